The van der Waals surface area contributed by atoms with Gasteiger partial charge in [-0.3, -0.25) is 4.79 Å². The summed E-state index contributed by atoms with van der Waals surface area (Å²) < 4.78 is 22.7. The number of benzene rings is 1. The van der Waals surface area contributed by atoms with Gasteiger partial charge in [0.05, 0.1) is 4.90 Å². The van der Waals surface area contributed by atoms with Crippen molar-refractivity contribution in [2.24, 2.45) is 0 Å². The van der Waals surface area contributed by atoms with Gasteiger partial charge in [0.2, 0.25) is 0 Å². The van der Waals surface area contributed by atoms with Crippen LogP contribution in [-0.4, -0.2) is 14.2 Å². The van der Waals surface area contributed by atoms with Crippen LogP contribution >= 0.6 is 0 Å². The van der Waals surface area contributed by atoms with Gasteiger partial charge in [-0.05, 0) is 30.7 Å². The Labute approximate surface area is 82.0 Å². The molecule has 14 heavy (non-hydrogen) atoms. The predicted molar refractivity (Wildman–Crippen MR) is 52.7 cm³/mol. The molecule has 0 radical (unpaired) electrons. The molecule has 0 saturated carbocycles. The second-order valence-corrected chi connectivity index (χ2v) is 4.96. The zero-order valence-electron chi connectivity index (χ0n) is 7.52. The molecule has 0 bridgehead atoms. The second kappa shape index (κ2) is 2.78. The van der Waals surface area contributed by atoms with E-state index in [-0.39, 0.29) is 10.7 Å². The van der Waals surface area contributed by atoms with Crippen LogP contribution in [0.3, 0.4) is 0 Å². The van der Waals surface area contributed by atoms with Gasteiger partial charge in [0, 0.05) is 11.0 Å². The molecule has 1 heterocycles. The minimum atomic E-state index is -3.24. The van der Waals surface area contributed by atoms with Gasteiger partial charge in [-0.1, -0.05) is 6.07 Å². The highest BCUT2D eigenvalue weighted by molar-refractivity contribution is 7.94. The highest BCUT2D eigenvalue weighted by Gasteiger charge is 2.20. The molecule has 1 aliphatic heterocycles. The van der Waals surface area contributed by atoms with Crippen LogP contribution in [0.5, 0.6) is 0 Å². The lowest BCUT2D eigenvalue weighted by atomic mass is 10.1. The summed E-state index contributed by atoms with van der Waals surface area (Å²) in [5.41, 5.74) is 1.13. The monoisotopic (exact) mass is 208 g/mol. The SMILES string of the molecule is CC(=O)c1ccc2c(c1)C=CS2(=O)=O. The van der Waals surface area contributed by atoms with Crippen molar-refractivity contribution < 1.29 is 13.2 Å². The van der Waals surface area contributed by atoms with E-state index >= 15 is 0 Å². The molecular formula is C10H8O3S. The van der Waals surface area contributed by atoms with Gasteiger partial charge in [0.25, 0.3) is 0 Å². The summed E-state index contributed by atoms with van der Waals surface area (Å²) in [5.74, 6) is -0.0644. The number of ketones is 1. The van der Waals surface area contributed by atoms with Crippen molar-refractivity contribution in [3.05, 3.63) is 34.7 Å². The Morgan fingerprint density at radius 3 is 2.64 bits per heavy atom. The van der Waals surface area contributed by atoms with Gasteiger partial charge >= 0.3 is 0 Å². The molecule has 0 aromatic heterocycles. The van der Waals surface area contributed by atoms with Crippen molar-refractivity contribution in [2.45, 2.75) is 11.8 Å². The number of hydrogen-bond acceptors (Lipinski definition) is 3. The third kappa shape index (κ3) is 1.28. The van der Waals surface area contributed by atoms with Crippen molar-refractivity contribution in [1.29, 1.82) is 0 Å². The molecule has 0 atom stereocenters. The van der Waals surface area contributed by atoms with Crippen molar-refractivity contribution in [2.75, 3.05) is 0 Å². The van der Waals surface area contributed by atoms with E-state index in [1.807, 2.05) is 0 Å². The van der Waals surface area contributed by atoms with Crippen LogP contribution < -0.4 is 0 Å². The Morgan fingerprint density at radius 1 is 1.29 bits per heavy atom. The first-order valence-corrected chi connectivity index (χ1v) is 5.63. The molecule has 2 rings (SSSR count). The summed E-state index contributed by atoms with van der Waals surface area (Å²) in [6, 6.07) is 4.60. The average Bonchev–Trinajstić information content (AvgIpc) is 2.42. The van der Waals surface area contributed by atoms with E-state index in [0.717, 1.165) is 5.41 Å². The van der Waals surface area contributed by atoms with Crippen molar-refractivity contribution in [3.8, 4) is 0 Å². The maximum atomic E-state index is 11.4. The van der Waals surface area contributed by atoms with E-state index in [1.165, 1.54) is 25.1 Å². The molecule has 0 N–H and O–H groups in total. The van der Waals surface area contributed by atoms with Gasteiger partial charge in [0.15, 0.2) is 15.6 Å². The summed E-state index contributed by atoms with van der Waals surface area (Å²) in [5, 5.41) is 1.15. The molecule has 0 saturated heterocycles. The third-order valence-electron chi connectivity index (χ3n) is 2.15. The van der Waals surface area contributed by atoms with Crippen LogP contribution in [0.1, 0.15) is 22.8 Å². The molecule has 0 fully saturated rings. The van der Waals surface area contributed by atoms with E-state index in [9.17, 15) is 13.2 Å². The number of sulfone groups is 1. The lowest BCUT2D eigenvalue weighted by molar-refractivity contribution is 0.101. The fraction of sp³-hybridized carbons (Fsp3) is 0.100. The number of carbonyl (C=O) groups is 1. The molecule has 0 unspecified atom stereocenters. The first-order valence-electron chi connectivity index (χ1n) is 4.09. The van der Waals surface area contributed by atoms with Crippen LogP contribution in [-0.2, 0) is 9.84 Å². The van der Waals surface area contributed by atoms with Crippen LogP contribution in [0.4, 0.5) is 0 Å². The molecule has 0 amide bonds. The topological polar surface area (TPSA) is 51.2 Å². The Morgan fingerprint density at radius 2 is 2.00 bits per heavy atom. The average molecular weight is 208 g/mol. The van der Waals surface area contributed by atoms with Crippen molar-refractivity contribution in [3.63, 3.8) is 0 Å². The van der Waals surface area contributed by atoms with E-state index in [4.69, 9.17) is 0 Å². The lowest BCUT2D eigenvalue weighted by Crippen LogP contribution is -1.97. The molecule has 0 aliphatic carbocycles. The number of fused-ring (bicyclic) bond motifs is 1. The number of hydrogen-bond donors (Lipinski definition) is 0. The number of Topliss-reactive ketones (excluding diaryl/α,β-unsaturated/α-hetero) is 1. The van der Waals surface area contributed by atoms with Crippen molar-refractivity contribution >= 4 is 21.7 Å². The Hall–Kier alpha value is -1.42. The maximum Gasteiger partial charge on any atom is 0.200 e. The first-order chi connectivity index (χ1) is 6.50. The maximum absolute atomic E-state index is 11.4. The van der Waals surface area contributed by atoms with E-state index in [1.54, 1.807) is 6.07 Å². The first kappa shape index (κ1) is 9.15. The largest absolute Gasteiger partial charge is 0.295 e. The van der Waals surface area contributed by atoms with Gasteiger partial charge in [-0.25, -0.2) is 8.42 Å². The zero-order valence-corrected chi connectivity index (χ0v) is 8.34. The normalized spacial score (nSPS) is 16.6. The second-order valence-electron chi connectivity index (χ2n) is 3.16. The van der Waals surface area contributed by atoms with Gasteiger partial charge < -0.3 is 0 Å². The molecule has 0 spiro atoms. The van der Waals surface area contributed by atoms with Gasteiger partial charge in [-0.2, -0.15) is 0 Å². The van der Waals surface area contributed by atoms with Crippen LogP contribution in [0, 0.1) is 0 Å². The summed E-state index contributed by atoms with van der Waals surface area (Å²) in [4.78, 5) is 11.3. The number of carbonyl (C=O) groups excluding carboxylic acids is 1. The molecule has 1 aromatic carbocycles. The third-order valence-corrected chi connectivity index (χ3v) is 3.63. The van der Waals surface area contributed by atoms with Crippen LogP contribution in [0.15, 0.2) is 28.5 Å². The Bertz CT molecular complexity index is 538. The summed E-state index contributed by atoms with van der Waals surface area (Å²) in [6.07, 6.45) is 1.51. The summed E-state index contributed by atoms with van der Waals surface area (Å²) in [7, 11) is -3.24. The highest BCUT2D eigenvalue weighted by Crippen LogP contribution is 2.27. The standard InChI is InChI=1S/C10H8O3S/c1-7(11)8-2-3-10-9(6-8)4-5-14(10,12)13/h2-6H,1H3. The van der Waals surface area contributed by atoms with Crippen LogP contribution in [0.25, 0.3) is 6.08 Å². The smallest absolute Gasteiger partial charge is 0.200 e. The molecule has 1 aliphatic rings. The molecule has 3 nitrogen and oxygen atoms in total. The Balaban J connectivity index is 2.66. The quantitative estimate of drug-likeness (QED) is 0.659. The molecular weight excluding hydrogens is 200 g/mol. The van der Waals surface area contributed by atoms with Gasteiger partial charge in [-0.15, -0.1) is 0 Å². The zero-order chi connectivity index (χ0) is 10.3. The lowest BCUT2D eigenvalue weighted by Gasteiger charge is -2.00. The highest BCUT2D eigenvalue weighted by atomic mass is 32.2. The number of rotatable bonds is 1. The van der Waals surface area contributed by atoms with Gasteiger partial charge in [0.1, 0.15) is 0 Å². The minimum Gasteiger partial charge on any atom is -0.295 e. The van der Waals surface area contributed by atoms with E-state index in [0.29, 0.717) is 11.1 Å². The Kier molecular flexibility index (Phi) is 1.82. The summed E-state index contributed by atoms with van der Waals surface area (Å²) >= 11 is 0. The molecule has 4 heteroatoms. The molecule has 72 valence electrons. The van der Waals surface area contributed by atoms with Crippen LogP contribution in [0.2, 0.25) is 0 Å². The summed E-state index contributed by atoms with van der Waals surface area (Å²) in [6.45, 7) is 1.45. The van der Waals surface area contributed by atoms with E-state index < -0.39 is 9.84 Å². The van der Waals surface area contributed by atoms with E-state index in [2.05, 4.69) is 0 Å². The fourth-order valence-electron chi connectivity index (χ4n) is 1.39. The predicted octanol–water partition coefficient (Wildman–Crippen LogP) is 1.65. The minimum absolute atomic E-state index is 0.0644. The fourth-order valence-corrected chi connectivity index (χ4v) is 2.58. The van der Waals surface area contributed by atoms with Crippen molar-refractivity contribution in [1.82, 2.24) is 0 Å². The molecule has 1 aromatic rings.